The molecule has 1 heterocycles. The Morgan fingerprint density at radius 3 is 2.25 bits per heavy atom. The van der Waals surface area contributed by atoms with E-state index in [1.54, 1.807) is 7.11 Å². The molecule has 1 aliphatic rings. The lowest BCUT2D eigenvalue weighted by Gasteiger charge is -2.41. The highest BCUT2D eigenvalue weighted by Crippen LogP contribution is 2.23. The van der Waals surface area contributed by atoms with Gasteiger partial charge in [-0.25, -0.2) is 0 Å². The minimum Gasteiger partial charge on any atom is -0.378 e. The molecule has 0 bridgehead atoms. The van der Waals surface area contributed by atoms with E-state index in [-0.39, 0.29) is 5.60 Å². The van der Waals surface area contributed by atoms with E-state index in [9.17, 15) is 0 Å². The molecule has 88 valence electrons. The molecule has 0 amide bonds. The van der Waals surface area contributed by atoms with Gasteiger partial charge < -0.3 is 15.0 Å². The Morgan fingerprint density at radius 2 is 1.88 bits per heavy atom. The summed E-state index contributed by atoms with van der Waals surface area (Å²) in [6.07, 6.45) is 0.990. The van der Waals surface area contributed by atoms with E-state index in [4.69, 9.17) is 4.74 Å². The summed E-state index contributed by atoms with van der Waals surface area (Å²) in [5.41, 5.74) is 2.61. The van der Waals surface area contributed by atoms with Crippen LogP contribution in [-0.4, -0.2) is 39.9 Å². The molecule has 2 rings (SSSR count). The quantitative estimate of drug-likeness (QED) is 0.827. The Kier molecular flexibility index (Phi) is 3.17. The van der Waals surface area contributed by atoms with E-state index in [0.717, 1.165) is 19.5 Å². The number of methoxy groups -OCH3 is 1. The highest BCUT2D eigenvalue weighted by Gasteiger charge is 2.36. The van der Waals surface area contributed by atoms with Gasteiger partial charge in [0.05, 0.1) is 5.60 Å². The van der Waals surface area contributed by atoms with Gasteiger partial charge in [0, 0.05) is 46.4 Å². The van der Waals surface area contributed by atoms with Crippen molar-refractivity contribution in [1.29, 1.82) is 0 Å². The number of nitrogens with one attached hydrogen (secondary N) is 1. The van der Waals surface area contributed by atoms with Gasteiger partial charge in [0.1, 0.15) is 0 Å². The van der Waals surface area contributed by atoms with Crippen LogP contribution < -0.4 is 10.2 Å². The van der Waals surface area contributed by atoms with Crippen LogP contribution >= 0.6 is 0 Å². The minimum absolute atomic E-state index is 0.0274. The summed E-state index contributed by atoms with van der Waals surface area (Å²) < 4.78 is 5.58. The molecule has 0 radical (unpaired) electrons. The zero-order chi connectivity index (χ0) is 11.6. The van der Waals surface area contributed by atoms with Crippen molar-refractivity contribution in [1.82, 2.24) is 5.32 Å². The summed E-state index contributed by atoms with van der Waals surface area (Å²) >= 11 is 0. The highest BCUT2D eigenvalue weighted by molar-refractivity contribution is 5.46. The van der Waals surface area contributed by atoms with Crippen LogP contribution in [0.25, 0.3) is 0 Å². The van der Waals surface area contributed by atoms with Crippen LogP contribution in [0.5, 0.6) is 0 Å². The first kappa shape index (κ1) is 11.4. The largest absolute Gasteiger partial charge is 0.378 e. The smallest absolute Gasteiger partial charge is 0.0966 e. The Bertz CT molecular complexity index is 336. The topological polar surface area (TPSA) is 24.5 Å². The monoisotopic (exact) mass is 220 g/mol. The molecule has 3 nitrogen and oxygen atoms in total. The van der Waals surface area contributed by atoms with Gasteiger partial charge in [-0.05, 0) is 17.7 Å². The van der Waals surface area contributed by atoms with E-state index in [1.807, 2.05) is 0 Å². The molecule has 1 N–H and O–H groups in total. The molecule has 1 saturated heterocycles. The first-order chi connectivity index (χ1) is 7.65. The number of anilines is 1. The zero-order valence-corrected chi connectivity index (χ0v) is 10.3. The van der Waals surface area contributed by atoms with Crippen LogP contribution in [0.1, 0.15) is 5.56 Å². The predicted molar refractivity (Wildman–Crippen MR) is 67.1 cm³/mol. The van der Waals surface area contributed by atoms with Gasteiger partial charge in [-0.15, -0.1) is 0 Å². The molecule has 0 atom stereocenters. The third-order valence-electron chi connectivity index (χ3n) is 3.31. The fraction of sp³-hybridized carbons (Fsp3) is 0.538. The number of benzene rings is 1. The van der Waals surface area contributed by atoms with Gasteiger partial charge in [0.25, 0.3) is 0 Å². The number of nitrogens with zero attached hydrogens (tertiary/aromatic N) is 1. The van der Waals surface area contributed by atoms with Crippen molar-refractivity contribution in [3.8, 4) is 0 Å². The summed E-state index contributed by atoms with van der Waals surface area (Å²) in [5.74, 6) is 0. The average Bonchev–Trinajstić information content (AvgIpc) is 2.24. The second kappa shape index (κ2) is 4.44. The van der Waals surface area contributed by atoms with E-state index in [0.29, 0.717) is 0 Å². The van der Waals surface area contributed by atoms with Crippen molar-refractivity contribution in [3.05, 3.63) is 29.8 Å². The van der Waals surface area contributed by atoms with E-state index >= 15 is 0 Å². The van der Waals surface area contributed by atoms with Gasteiger partial charge in [0.15, 0.2) is 0 Å². The van der Waals surface area contributed by atoms with E-state index in [2.05, 4.69) is 48.6 Å². The zero-order valence-electron chi connectivity index (χ0n) is 10.3. The maximum atomic E-state index is 5.58. The summed E-state index contributed by atoms with van der Waals surface area (Å²) in [6.45, 7) is 1.91. The number of ether oxygens (including phenoxy) is 1. The van der Waals surface area contributed by atoms with E-state index in [1.165, 1.54) is 11.3 Å². The lowest BCUT2D eigenvalue weighted by atomic mass is 9.89. The van der Waals surface area contributed by atoms with Crippen LogP contribution in [0.4, 0.5) is 5.69 Å². The van der Waals surface area contributed by atoms with Gasteiger partial charge in [0.2, 0.25) is 0 Å². The van der Waals surface area contributed by atoms with Crippen LogP contribution in [-0.2, 0) is 11.2 Å². The third-order valence-corrected chi connectivity index (χ3v) is 3.31. The van der Waals surface area contributed by atoms with Crippen molar-refractivity contribution in [2.75, 3.05) is 39.2 Å². The molecule has 16 heavy (non-hydrogen) atoms. The molecule has 0 unspecified atom stereocenters. The molecular formula is C13H20N2O. The fourth-order valence-corrected chi connectivity index (χ4v) is 2.03. The lowest BCUT2D eigenvalue weighted by molar-refractivity contribution is -0.0502. The van der Waals surface area contributed by atoms with Crippen LogP contribution in [0, 0.1) is 0 Å². The minimum atomic E-state index is 0.0274. The van der Waals surface area contributed by atoms with Crippen molar-refractivity contribution >= 4 is 5.69 Å². The first-order valence-electron chi connectivity index (χ1n) is 5.67. The summed E-state index contributed by atoms with van der Waals surface area (Å²) in [4.78, 5) is 2.11. The Labute approximate surface area is 97.4 Å². The molecule has 1 aromatic rings. The molecule has 0 aromatic heterocycles. The fourth-order valence-electron chi connectivity index (χ4n) is 2.03. The van der Waals surface area contributed by atoms with Crippen molar-refractivity contribution in [2.45, 2.75) is 12.0 Å². The Balaban J connectivity index is 2.05. The second-order valence-electron chi connectivity index (χ2n) is 4.73. The van der Waals surface area contributed by atoms with Crippen LogP contribution in [0.15, 0.2) is 24.3 Å². The maximum Gasteiger partial charge on any atom is 0.0966 e. The first-order valence-corrected chi connectivity index (χ1v) is 5.67. The summed E-state index contributed by atoms with van der Waals surface area (Å²) in [5, 5.41) is 3.27. The van der Waals surface area contributed by atoms with Crippen molar-refractivity contribution < 1.29 is 4.74 Å². The normalized spacial score (nSPS) is 17.9. The third kappa shape index (κ3) is 2.20. The number of hydrogen-bond acceptors (Lipinski definition) is 3. The predicted octanol–water partition coefficient (Wildman–Crippen LogP) is 1.28. The van der Waals surface area contributed by atoms with Crippen LogP contribution in [0.3, 0.4) is 0 Å². The molecule has 3 heteroatoms. The van der Waals surface area contributed by atoms with E-state index < -0.39 is 0 Å². The SMILES string of the molecule is COC1(Cc2ccc(N(C)C)cc2)CNC1. The summed E-state index contributed by atoms with van der Waals surface area (Å²) in [6, 6.07) is 8.69. The second-order valence-corrected chi connectivity index (χ2v) is 4.73. The van der Waals surface area contributed by atoms with Crippen molar-refractivity contribution in [2.24, 2.45) is 0 Å². The standard InChI is InChI=1S/C13H20N2O/c1-15(2)12-6-4-11(5-7-12)8-13(16-3)9-14-10-13/h4-7,14H,8-10H2,1-3H3. The molecule has 0 spiro atoms. The molecule has 1 fully saturated rings. The van der Waals surface area contributed by atoms with Gasteiger partial charge in [-0.2, -0.15) is 0 Å². The molecule has 1 aromatic carbocycles. The molecule has 0 saturated carbocycles. The highest BCUT2D eigenvalue weighted by atomic mass is 16.5. The van der Waals surface area contributed by atoms with Crippen LogP contribution in [0.2, 0.25) is 0 Å². The molecule has 1 aliphatic heterocycles. The Morgan fingerprint density at radius 1 is 1.25 bits per heavy atom. The Hall–Kier alpha value is -1.06. The van der Waals surface area contributed by atoms with Gasteiger partial charge >= 0.3 is 0 Å². The van der Waals surface area contributed by atoms with Gasteiger partial charge in [-0.3, -0.25) is 0 Å². The maximum absolute atomic E-state index is 5.58. The van der Waals surface area contributed by atoms with Crippen molar-refractivity contribution in [3.63, 3.8) is 0 Å². The van der Waals surface area contributed by atoms with Gasteiger partial charge in [-0.1, -0.05) is 12.1 Å². The lowest BCUT2D eigenvalue weighted by Crippen LogP contribution is -2.61. The summed E-state index contributed by atoms with van der Waals surface area (Å²) in [7, 11) is 5.91. The molecular weight excluding hydrogens is 200 g/mol. The number of rotatable bonds is 4. The average molecular weight is 220 g/mol. The molecule has 0 aliphatic carbocycles. The number of hydrogen-bond donors (Lipinski definition) is 1.